The molecule has 12 heteroatoms. The maximum absolute atomic E-state index is 13.5. The molecule has 0 aliphatic rings. The minimum atomic E-state index is -1.09. The van der Waals surface area contributed by atoms with Gasteiger partial charge in [0.25, 0.3) is 5.91 Å². The highest BCUT2D eigenvalue weighted by Crippen LogP contribution is 2.22. The van der Waals surface area contributed by atoms with Gasteiger partial charge >= 0.3 is 6.03 Å². The number of rotatable bonds is 14. The Hall–Kier alpha value is -3.67. The molecular formula is C28H36BrFN4O6. The van der Waals surface area contributed by atoms with E-state index >= 15 is 0 Å². The monoisotopic (exact) mass is 622 g/mol. The number of halogens is 2. The van der Waals surface area contributed by atoms with Crippen molar-refractivity contribution in [3.05, 3.63) is 57.8 Å². The van der Waals surface area contributed by atoms with E-state index in [1.807, 2.05) is 13.8 Å². The maximum atomic E-state index is 13.5. The Morgan fingerprint density at radius 3 is 2.12 bits per heavy atom. The van der Waals surface area contributed by atoms with E-state index in [1.54, 1.807) is 25.1 Å². The van der Waals surface area contributed by atoms with Crippen LogP contribution in [-0.2, 0) is 27.5 Å². The van der Waals surface area contributed by atoms with E-state index in [-0.39, 0.29) is 31.8 Å². The molecule has 2 rings (SSSR count). The number of benzene rings is 2. The lowest BCUT2D eigenvalue weighted by Crippen LogP contribution is -2.55. The van der Waals surface area contributed by atoms with Gasteiger partial charge in [-0.05, 0) is 60.2 Å². The van der Waals surface area contributed by atoms with Crippen LogP contribution < -0.4 is 30.7 Å². The van der Waals surface area contributed by atoms with Gasteiger partial charge in [0.2, 0.25) is 11.7 Å². The molecule has 4 amide bonds. The molecule has 0 saturated carbocycles. The number of nitrogens with one attached hydrogen (secondary N) is 4. The molecule has 4 N–H and O–H groups in total. The van der Waals surface area contributed by atoms with Gasteiger partial charge in [-0.2, -0.15) is 0 Å². The fraction of sp³-hybridized carbons (Fsp3) is 0.429. The SMILES string of the molecule is CCC(NC(=O)C(CC(C)C)NC(=O)NCc1cc(F)ccc1Br)C(=O)C(=O)NCc1cc(OC)cc(OC)c1. The largest absolute Gasteiger partial charge is 0.497 e. The van der Waals surface area contributed by atoms with Gasteiger partial charge in [-0.3, -0.25) is 14.4 Å². The third-order valence-electron chi connectivity index (χ3n) is 5.91. The highest BCUT2D eigenvalue weighted by molar-refractivity contribution is 9.10. The molecule has 0 spiro atoms. The molecule has 0 radical (unpaired) electrons. The normalized spacial score (nSPS) is 12.2. The van der Waals surface area contributed by atoms with E-state index in [9.17, 15) is 23.6 Å². The lowest BCUT2D eigenvalue weighted by Gasteiger charge is -2.23. The zero-order chi connectivity index (χ0) is 29.8. The number of urea groups is 1. The van der Waals surface area contributed by atoms with Crippen LogP contribution in [0.4, 0.5) is 9.18 Å². The molecule has 40 heavy (non-hydrogen) atoms. The molecule has 2 atom stereocenters. The summed E-state index contributed by atoms with van der Waals surface area (Å²) in [6, 6.07) is 6.50. The molecule has 0 fully saturated rings. The van der Waals surface area contributed by atoms with Crippen LogP contribution in [0, 0.1) is 11.7 Å². The predicted octanol–water partition coefficient (Wildman–Crippen LogP) is 3.60. The molecule has 0 aliphatic heterocycles. The third kappa shape index (κ3) is 10.1. The van der Waals surface area contributed by atoms with Crippen LogP contribution in [0.3, 0.4) is 0 Å². The van der Waals surface area contributed by atoms with Crippen molar-refractivity contribution in [2.45, 2.75) is 58.8 Å². The topological polar surface area (TPSA) is 135 Å². The lowest BCUT2D eigenvalue weighted by atomic mass is 10.0. The lowest BCUT2D eigenvalue weighted by molar-refractivity contribution is -0.140. The van der Waals surface area contributed by atoms with Gasteiger partial charge in [0, 0.05) is 23.6 Å². The summed E-state index contributed by atoms with van der Waals surface area (Å²) >= 11 is 3.31. The summed E-state index contributed by atoms with van der Waals surface area (Å²) in [6.45, 7) is 5.50. The first-order valence-electron chi connectivity index (χ1n) is 12.8. The molecule has 0 aromatic heterocycles. The van der Waals surface area contributed by atoms with E-state index in [4.69, 9.17) is 9.47 Å². The van der Waals surface area contributed by atoms with Crippen LogP contribution in [0.25, 0.3) is 0 Å². The second kappa shape index (κ2) is 15.8. The number of carbonyl (C=O) groups excluding carboxylic acids is 4. The second-order valence-electron chi connectivity index (χ2n) is 9.48. The quantitative estimate of drug-likeness (QED) is 0.238. The number of ketones is 1. The van der Waals surface area contributed by atoms with E-state index < -0.39 is 41.5 Å². The van der Waals surface area contributed by atoms with E-state index in [2.05, 4.69) is 37.2 Å². The minimum Gasteiger partial charge on any atom is -0.497 e. The summed E-state index contributed by atoms with van der Waals surface area (Å²) in [5.74, 6) is -1.61. The van der Waals surface area contributed by atoms with Crippen LogP contribution in [0.5, 0.6) is 11.5 Å². The average molecular weight is 624 g/mol. The molecule has 10 nitrogen and oxygen atoms in total. The Kier molecular flexibility index (Phi) is 12.9. The van der Waals surface area contributed by atoms with Crippen molar-refractivity contribution in [3.8, 4) is 11.5 Å². The van der Waals surface area contributed by atoms with Gasteiger partial charge in [0.05, 0.1) is 20.3 Å². The summed E-state index contributed by atoms with van der Waals surface area (Å²) in [5, 5.41) is 10.4. The van der Waals surface area contributed by atoms with E-state index in [0.717, 1.165) is 0 Å². The molecule has 0 bridgehead atoms. The van der Waals surface area contributed by atoms with Crippen LogP contribution in [-0.4, -0.2) is 49.9 Å². The first-order chi connectivity index (χ1) is 19.0. The molecular weight excluding hydrogens is 587 g/mol. The number of hydrogen-bond donors (Lipinski definition) is 4. The average Bonchev–Trinajstić information content (AvgIpc) is 2.93. The van der Waals surface area contributed by atoms with E-state index in [1.165, 1.54) is 32.4 Å². The Labute approximate surface area is 241 Å². The Morgan fingerprint density at radius 1 is 0.900 bits per heavy atom. The molecule has 218 valence electrons. The highest BCUT2D eigenvalue weighted by atomic mass is 79.9. The smallest absolute Gasteiger partial charge is 0.315 e. The second-order valence-corrected chi connectivity index (χ2v) is 10.3. The van der Waals surface area contributed by atoms with Crippen LogP contribution in [0.1, 0.15) is 44.7 Å². The van der Waals surface area contributed by atoms with Crippen molar-refractivity contribution in [3.63, 3.8) is 0 Å². The number of ether oxygens (including phenoxy) is 2. The number of amides is 4. The standard InChI is InChI=1S/C28H36BrFN4O6/c1-6-23(25(35)27(37)31-14-17-10-20(39-4)13-21(11-17)40-5)33-26(36)24(9-16(2)3)34-28(38)32-15-18-12-19(30)7-8-22(18)29/h7-8,10-13,16,23-24H,6,9,14-15H2,1-5H3,(H,31,37)(H,33,36)(H2,32,34,38). The van der Waals surface area contributed by atoms with Crippen molar-refractivity contribution < 1.29 is 33.0 Å². The van der Waals surface area contributed by atoms with Gasteiger partial charge in [-0.1, -0.05) is 36.7 Å². The number of Topliss-reactive ketones (excluding diaryl/α,β-unsaturated/α-hetero) is 1. The zero-order valence-corrected chi connectivity index (χ0v) is 24.8. The van der Waals surface area contributed by atoms with Gasteiger partial charge in [0.15, 0.2) is 0 Å². The van der Waals surface area contributed by atoms with Crippen LogP contribution >= 0.6 is 15.9 Å². The minimum absolute atomic E-state index is 0.0234. The molecule has 2 aromatic rings. The summed E-state index contributed by atoms with van der Waals surface area (Å²) in [6.07, 6.45) is 0.455. The van der Waals surface area contributed by atoms with E-state index in [0.29, 0.717) is 27.1 Å². The summed E-state index contributed by atoms with van der Waals surface area (Å²) in [4.78, 5) is 51.1. The van der Waals surface area contributed by atoms with Gasteiger partial charge < -0.3 is 30.7 Å². The van der Waals surface area contributed by atoms with Crippen LogP contribution in [0.15, 0.2) is 40.9 Å². The Bertz CT molecular complexity index is 1190. The number of hydrogen-bond acceptors (Lipinski definition) is 6. The van der Waals surface area contributed by atoms with Crippen LogP contribution in [0.2, 0.25) is 0 Å². The summed E-state index contributed by atoms with van der Waals surface area (Å²) in [5.41, 5.74) is 1.18. The number of methoxy groups -OCH3 is 2. The van der Waals surface area contributed by atoms with Crippen molar-refractivity contribution in [1.82, 2.24) is 21.3 Å². The van der Waals surface area contributed by atoms with Crippen molar-refractivity contribution in [2.24, 2.45) is 5.92 Å². The molecule has 0 aliphatic carbocycles. The van der Waals surface area contributed by atoms with Gasteiger partial charge in [-0.15, -0.1) is 0 Å². The van der Waals surface area contributed by atoms with Crippen molar-refractivity contribution in [2.75, 3.05) is 14.2 Å². The summed E-state index contributed by atoms with van der Waals surface area (Å²) in [7, 11) is 3.01. The highest BCUT2D eigenvalue weighted by Gasteiger charge is 2.29. The maximum Gasteiger partial charge on any atom is 0.315 e. The zero-order valence-electron chi connectivity index (χ0n) is 23.2. The molecule has 0 heterocycles. The molecule has 2 aromatic carbocycles. The fourth-order valence-electron chi connectivity index (χ4n) is 3.79. The van der Waals surface area contributed by atoms with Gasteiger partial charge in [-0.25, -0.2) is 9.18 Å². The summed E-state index contributed by atoms with van der Waals surface area (Å²) < 4.78 is 24.6. The fourth-order valence-corrected chi connectivity index (χ4v) is 4.17. The number of carbonyl (C=O) groups is 4. The first-order valence-corrected chi connectivity index (χ1v) is 13.6. The molecule has 2 unspecified atom stereocenters. The van der Waals surface area contributed by atoms with Crippen molar-refractivity contribution in [1.29, 1.82) is 0 Å². The Balaban J connectivity index is 2.00. The Morgan fingerprint density at radius 2 is 1.55 bits per heavy atom. The first kappa shape index (κ1) is 32.5. The third-order valence-corrected chi connectivity index (χ3v) is 6.68. The predicted molar refractivity (Wildman–Crippen MR) is 151 cm³/mol. The molecule has 0 saturated heterocycles. The van der Waals surface area contributed by atoms with Gasteiger partial charge in [0.1, 0.15) is 23.4 Å². The van der Waals surface area contributed by atoms with Crippen molar-refractivity contribution >= 4 is 39.6 Å².